The molecule has 1 atom stereocenters. The molecule has 1 aromatic heterocycles. The molecule has 0 aliphatic carbocycles. The number of ether oxygens (including phenoxy) is 1. The maximum atomic E-state index is 13.2. The molecule has 0 bridgehead atoms. The van der Waals surface area contributed by atoms with E-state index >= 15 is 0 Å². The van der Waals surface area contributed by atoms with Gasteiger partial charge in [-0.15, -0.1) is 0 Å². The molecule has 4 rings (SSSR count). The third kappa shape index (κ3) is 3.29. The van der Waals surface area contributed by atoms with Crippen LogP contribution in [0.2, 0.25) is 0 Å². The van der Waals surface area contributed by atoms with Crippen molar-refractivity contribution in [2.45, 2.75) is 18.6 Å². The topological polar surface area (TPSA) is 50.6 Å². The minimum absolute atomic E-state index is 0.0676. The van der Waals surface area contributed by atoms with Crippen molar-refractivity contribution in [3.05, 3.63) is 48.0 Å². The van der Waals surface area contributed by atoms with Crippen LogP contribution in [0.1, 0.15) is 12.0 Å². The lowest BCUT2D eigenvalue weighted by molar-refractivity contribution is -0.137. The highest BCUT2D eigenvalue weighted by molar-refractivity contribution is 5.95. The van der Waals surface area contributed by atoms with Gasteiger partial charge in [-0.2, -0.15) is 5.10 Å². The number of hydrogen-bond donors (Lipinski definition) is 0. The number of rotatable bonds is 3. The molecule has 1 amide bonds. The van der Waals surface area contributed by atoms with Crippen LogP contribution in [0.3, 0.4) is 0 Å². The number of nitrogens with zero attached hydrogens (tertiary/aromatic N) is 4. The predicted molar refractivity (Wildman–Crippen MR) is 90.5 cm³/mol. The van der Waals surface area contributed by atoms with E-state index in [4.69, 9.17) is 4.74 Å². The van der Waals surface area contributed by atoms with E-state index < -0.39 is 0 Å². The molecular weight excluding hydrogens is 323 g/mol. The van der Waals surface area contributed by atoms with Crippen LogP contribution in [0.5, 0.6) is 0 Å². The predicted octanol–water partition coefficient (Wildman–Crippen LogP) is 1.57. The average molecular weight is 344 g/mol. The molecule has 1 spiro atoms. The highest BCUT2D eigenvalue weighted by Gasteiger charge is 2.45. The van der Waals surface area contributed by atoms with E-state index in [-0.39, 0.29) is 23.9 Å². The first-order valence-corrected chi connectivity index (χ1v) is 8.43. The van der Waals surface area contributed by atoms with E-state index in [1.165, 1.54) is 17.7 Å². The Morgan fingerprint density at radius 1 is 1.28 bits per heavy atom. The zero-order valence-electron chi connectivity index (χ0n) is 14.2. The number of aromatic nitrogens is 2. The Balaban J connectivity index is 1.47. The molecule has 7 heteroatoms. The lowest BCUT2D eigenvalue weighted by Gasteiger charge is -2.40. The molecular formula is C18H21FN4O2. The van der Waals surface area contributed by atoms with Gasteiger partial charge in [-0.1, -0.05) is 0 Å². The number of benzene rings is 1. The Kier molecular flexibility index (Phi) is 4.05. The van der Waals surface area contributed by atoms with E-state index in [0.29, 0.717) is 6.54 Å². The quantitative estimate of drug-likeness (QED) is 0.848. The summed E-state index contributed by atoms with van der Waals surface area (Å²) in [5.41, 5.74) is 1.53. The first-order valence-electron chi connectivity index (χ1n) is 8.43. The second kappa shape index (κ2) is 6.24. The largest absolute Gasteiger partial charge is 0.362 e. The van der Waals surface area contributed by atoms with Crippen LogP contribution >= 0.6 is 0 Å². The summed E-state index contributed by atoms with van der Waals surface area (Å²) in [6.07, 6.45) is 4.76. The van der Waals surface area contributed by atoms with Gasteiger partial charge in [0, 0.05) is 44.1 Å². The molecule has 0 N–H and O–H groups in total. The number of carbonyl (C=O) groups is 1. The Hall–Kier alpha value is -2.25. The summed E-state index contributed by atoms with van der Waals surface area (Å²) in [6, 6.07) is 6.06. The van der Waals surface area contributed by atoms with Crippen LogP contribution in [-0.2, 0) is 23.1 Å². The van der Waals surface area contributed by atoms with Gasteiger partial charge < -0.3 is 9.64 Å². The van der Waals surface area contributed by atoms with Crippen LogP contribution in [0.15, 0.2) is 36.7 Å². The van der Waals surface area contributed by atoms with Gasteiger partial charge in [0.25, 0.3) is 5.91 Å². The van der Waals surface area contributed by atoms with Crippen molar-refractivity contribution in [3.63, 3.8) is 0 Å². The smallest absolute Gasteiger partial charge is 0.253 e. The molecule has 0 saturated carbocycles. The van der Waals surface area contributed by atoms with Crippen LogP contribution in [0.25, 0.3) is 0 Å². The van der Waals surface area contributed by atoms with Gasteiger partial charge >= 0.3 is 0 Å². The van der Waals surface area contributed by atoms with E-state index in [0.717, 1.165) is 31.7 Å². The molecule has 132 valence electrons. The maximum Gasteiger partial charge on any atom is 0.253 e. The van der Waals surface area contributed by atoms with Gasteiger partial charge in [0.15, 0.2) is 0 Å². The fourth-order valence-electron chi connectivity index (χ4n) is 3.69. The van der Waals surface area contributed by atoms with E-state index in [1.807, 2.05) is 19.4 Å². The van der Waals surface area contributed by atoms with Gasteiger partial charge in [-0.3, -0.25) is 14.4 Å². The number of aryl methyl sites for hydroxylation is 1. The first kappa shape index (κ1) is 16.2. The summed E-state index contributed by atoms with van der Waals surface area (Å²) in [4.78, 5) is 16.3. The zero-order chi connectivity index (χ0) is 17.4. The summed E-state index contributed by atoms with van der Waals surface area (Å²) in [6.45, 7) is 3.08. The van der Waals surface area contributed by atoms with Gasteiger partial charge in [-0.25, -0.2) is 4.39 Å². The zero-order valence-corrected chi connectivity index (χ0v) is 14.2. The minimum Gasteiger partial charge on any atom is -0.362 e. The van der Waals surface area contributed by atoms with Gasteiger partial charge in [0.05, 0.1) is 12.7 Å². The fraction of sp³-hybridized carbons (Fsp3) is 0.444. The monoisotopic (exact) mass is 344 g/mol. The molecule has 25 heavy (non-hydrogen) atoms. The summed E-state index contributed by atoms with van der Waals surface area (Å²) < 4.78 is 20.9. The normalized spacial score (nSPS) is 24.4. The molecule has 1 aromatic carbocycles. The number of morpholine rings is 1. The van der Waals surface area contributed by atoms with E-state index in [2.05, 4.69) is 10.00 Å². The van der Waals surface area contributed by atoms with Crippen LogP contribution in [0, 0.1) is 5.82 Å². The van der Waals surface area contributed by atoms with Crippen molar-refractivity contribution < 1.29 is 13.9 Å². The van der Waals surface area contributed by atoms with Crippen molar-refractivity contribution in [2.24, 2.45) is 7.05 Å². The maximum absolute atomic E-state index is 13.2. The van der Waals surface area contributed by atoms with E-state index in [1.54, 1.807) is 21.7 Å². The fourth-order valence-corrected chi connectivity index (χ4v) is 3.69. The van der Waals surface area contributed by atoms with Gasteiger partial charge in [0.2, 0.25) is 0 Å². The highest BCUT2D eigenvalue weighted by atomic mass is 19.1. The Morgan fingerprint density at radius 2 is 2.08 bits per heavy atom. The Morgan fingerprint density at radius 3 is 2.80 bits per heavy atom. The number of hydrogen-bond acceptors (Lipinski definition) is 4. The summed E-state index contributed by atoms with van der Waals surface area (Å²) in [5, 5.41) is 4.21. The highest BCUT2D eigenvalue weighted by Crippen LogP contribution is 2.32. The van der Waals surface area contributed by atoms with Crippen LogP contribution in [0.4, 0.5) is 10.1 Å². The minimum atomic E-state index is -0.357. The lowest BCUT2D eigenvalue weighted by Crippen LogP contribution is -2.56. The molecule has 2 aromatic rings. The molecule has 2 aliphatic rings. The summed E-state index contributed by atoms with van der Waals surface area (Å²) in [5.74, 6) is -0.384. The van der Waals surface area contributed by atoms with Crippen molar-refractivity contribution >= 4 is 11.6 Å². The van der Waals surface area contributed by atoms with Crippen LogP contribution in [-0.4, -0.2) is 52.4 Å². The number of anilines is 1. The molecule has 1 unspecified atom stereocenters. The summed E-state index contributed by atoms with van der Waals surface area (Å²) >= 11 is 0. The van der Waals surface area contributed by atoms with Crippen molar-refractivity contribution in [1.29, 1.82) is 0 Å². The second-order valence-electron chi connectivity index (χ2n) is 6.91. The van der Waals surface area contributed by atoms with E-state index in [9.17, 15) is 9.18 Å². The summed E-state index contributed by atoms with van der Waals surface area (Å²) in [7, 11) is 1.91. The molecule has 2 fully saturated rings. The van der Waals surface area contributed by atoms with Gasteiger partial charge in [-0.05, 0) is 30.7 Å². The average Bonchev–Trinajstić information content (AvgIpc) is 3.18. The third-order valence-corrected chi connectivity index (χ3v) is 4.95. The standard InChI is InChI=1S/C18H21FN4O2/c1-21-9-14(8-20-21)10-22-7-6-18(12-22)13-23(17(24)11-25-18)16-4-2-15(19)3-5-16/h2-5,8-9H,6-7,10-13H2,1H3. The van der Waals surface area contributed by atoms with Crippen molar-refractivity contribution in [2.75, 3.05) is 31.1 Å². The molecule has 3 heterocycles. The molecule has 0 radical (unpaired) electrons. The second-order valence-corrected chi connectivity index (χ2v) is 6.91. The first-order chi connectivity index (χ1) is 12.0. The number of likely N-dealkylation sites (tertiary alicyclic amines) is 1. The number of halogens is 1. The van der Waals surface area contributed by atoms with Crippen molar-refractivity contribution in [3.8, 4) is 0 Å². The van der Waals surface area contributed by atoms with Crippen molar-refractivity contribution in [1.82, 2.24) is 14.7 Å². The molecule has 2 saturated heterocycles. The lowest BCUT2D eigenvalue weighted by atomic mass is 10.00. The molecule has 2 aliphatic heterocycles. The molecule has 6 nitrogen and oxygen atoms in total. The number of carbonyl (C=O) groups excluding carboxylic acids is 1. The third-order valence-electron chi connectivity index (χ3n) is 4.95. The van der Waals surface area contributed by atoms with Crippen LogP contribution < -0.4 is 4.90 Å². The SMILES string of the molecule is Cn1cc(CN2CCC3(C2)CN(c2ccc(F)cc2)C(=O)CO3)cn1. The van der Waals surface area contributed by atoms with Gasteiger partial charge in [0.1, 0.15) is 18.0 Å². The Bertz CT molecular complexity index is 776. The Labute approximate surface area is 145 Å². The number of amides is 1.